The van der Waals surface area contributed by atoms with Gasteiger partial charge in [0.1, 0.15) is 28.5 Å². The van der Waals surface area contributed by atoms with Gasteiger partial charge in [-0.15, -0.1) is 0 Å². The zero-order valence-corrected chi connectivity index (χ0v) is 20.5. The molecule has 2 atom stereocenters. The molecule has 2 amide bonds. The van der Waals surface area contributed by atoms with Crippen molar-refractivity contribution in [3.63, 3.8) is 0 Å². The Morgan fingerprint density at radius 1 is 0.943 bits per heavy atom. The van der Waals surface area contributed by atoms with Crippen molar-refractivity contribution in [1.82, 2.24) is 10.6 Å². The lowest BCUT2D eigenvalue weighted by molar-refractivity contribution is -0.142. The number of carbonyl (C=O) groups is 3. The van der Waals surface area contributed by atoms with Crippen LogP contribution < -0.4 is 10.6 Å². The Bertz CT molecular complexity index is 1150. The Kier molecular flexibility index (Phi) is 8.50. The van der Waals surface area contributed by atoms with E-state index in [1.165, 1.54) is 0 Å². The van der Waals surface area contributed by atoms with Gasteiger partial charge in [0.25, 0.3) is 0 Å². The largest absolute Gasteiger partial charge is 0.480 e. The summed E-state index contributed by atoms with van der Waals surface area (Å²) in [4.78, 5) is 36.8. The van der Waals surface area contributed by atoms with Gasteiger partial charge in [-0.1, -0.05) is 61.9 Å². The molecule has 9 nitrogen and oxygen atoms in total. The second-order valence-corrected chi connectivity index (χ2v) is 10.9. The molecule has 1 aliphatic rings. The molecule has 1 aliphatic carbocycles. The second kappa shape index (κ2) is 11.4. The number of carbonyl (C=O) groups excluding carboxylic acids is 2. The van der Waals surface area contributed by atoms with Gasteiger partial charge in [-0.05, 0) is 35.1 Å². The van der Waals surface area contributed by atoms with Crippen LogP contribution in [0.5, 0.6) is 0 Å². The molecule has 1 unspecified atom stereocenters. The van der Waals surface area contributed by atoms with Crippen LogP contribution in [-0.2, 0) is 24.2 Å². The number of ether oxygens (including phenoxy) is 1. The predicted molar refractivity (Wildman–Crippen MR) is 131 cm³/mol. The molecule has 0 saturated carbocycles. The van der Waals surface area contributed by atoms with Gasteiger partial charge in [-0.25, -0.2) is 18.0 Å². The van der Waals surface area contributed by atoms with Crippen LogP contribution in [0.1, 0.15) is 43.2 Å². The van der Waals surface area contributed by atoms with E-state index in [1.54, 1.807) is 6.92 Å². The van der Waals surface area contributed by atoms with E-state index < -0.39 is 39.9 Å². The number of fused-ring (bicyclic) bond motifs is 3. The van der Waals surface area contributed by atoms with Gasteiger partial charge in [0.15, 0.2) is 0 Å². The highest BCUT2D eigenvalue weighted by Crippen LogP contribution is 2.44. The number of benzene rings is 2. The SMILES string of the molecule is CCC[C@H](NC(=O)C(CCS(C)(=O)=O)NC(=O)OCC1c2ccccc2-c2ccccc21)C(=O)O. The molecule has 0 saturated heterocycles. The third-order valence-corrected chi connectivity index (χ3v) is 6.90. The average molecular weight is 503 g/mol. The first-order chi connectivity index (χ1) is 16.6. The van der Waals surface area contributed by atoms with Gasteiger partial charge in [-0.3, -0.25) is 4.79 Å². The molecule has 2 aromatic carbocycles. The maximum atomic E-state index is 12.7. The first-order valence-corrected chi connectivity index (χ1v) is 13.5. The van der Waals surface area contributed by atoms with Crippen molar-refractivity contribution < 1.29 is 32.6 Å². The van der Waals surface area contributed by atoms with Crippen LogP contribution in [0.15, 0.2) is 48.5 Å². The first kappa shape index (κ1) is 26.2. The number of rotatable bonds is 11. The fraction of sp³-hybridized carbons (Fsp3) is 0.400. The summed E-state index contributed by atoms with van der Waals surface area (Å²) < 4.78 is 28.7. The van der Waals surface area contributed by atoms with Crippen molar-refractivity contribution in [1.29, 1.82) is 0 Å². The van der Waals surface area contributed by atoms with Gasteiger partial charge in [0, 0.05) is 12.2 Å². The average Bonchev–Trinajstić information content (AvgIpc) is 3.13. The second-order valence-electron chi connectivity index (χ2n) is 8.63. The minimum absolute atomic E-state index is 0.0217. The number of amides is 2. The fourth-order valence-electron chi connectivity index (χ4n) is 4.20. The Morgan fingerprint density at radius 2 is 1.51 bits per heavy atom. The maximum Gasteiger partial charge on any atom is 0.407 e. The van der Waals surface area contributed by atoms with Crippen LogP contribution >= 0.6 is 0 Å². The summed E-state index contributed by atoms with van der Waals surface area (Å²) in [6.07, 6.45) is 0.637. The minimum Gasteiger partial charge on any atom is -0.480 e. The van der Waals surface area contributed by atoms with E-state index in [0.29, 0.717) is 6.42 Å². The summed E-state index contributed by atoms with van der Waals surface area (Å²) in [6, 6.07) is 13.3. The number of nitrogens with one attached hydrogen (secondary N) is 2. The van der Waals surface area contributed by atoms with Crippen molar-refractivity contribution in [3.05, 3.63) is 59.7 Å². The number of alkyl carbamates (subject to hydrolysis) is 1. The van der Waals surface area contributed by atoms with Crippen molar-refractivity contribution in [2.45, 2.75) is 44.2 Å². The van der Waals surface area contributed by atoms with Gasteiger partial charge < -0.3 is 20.5 Å². The summed E-state index contributed by atoms with van der Waals surface area (Å²) in [6.45, 7) is 1.80. The van der Waals surface area contributed by atoms with Crippen molar-refractivity contribution >= 4 is 27.8 Å². The summed E-state index contributed by atoms with van der Waals surface area (Å²) in [5.74, 6) is -2.52. The van der Waals surface area contributed by atoms with Crippen LogP contribution in [0, 0.1) is 0 Å². The standard InChI is InChI=1S/C25H30N2O7S/c1-3-8-22(24(29)30)26-23(28)21(13-14-35(2,32)33)27-25(31)34-15-20-18-11-6-4-9-16(18)17-10-5-7-12-19(17)20/h4-7,9-12,20-22H,3,8,13-15H2,1-2H3,(H,26,28)(H,27,31)(H,29,30)/t21?,22-/m0/s1. The lowest BCUT2D eigenvalue weighted by Gasteiger charge is -2.21. The lowest BCUT2D eigenvalue weighted by Crippen LogP contribution is -2.52. The van der Waals surface area contributed by atoms with Crippen molar-refractivity contribution in [3.8, 4) is 11.1 Å². The molecule has 3 N–H and O–H groups in total. The lowest BCUT2D eigenvalue weighted by atomic mass is 9.98. The molecule has 3 rings (SSSR count). The molecule has 0 heterocycles. The van der Waals surface area contributed by atoms with Crippen LogP contribution in [0.3, 0.4) is 0 Å². The third kappa shape index (κ3) is 6.82. The van der Waals surface area contributed by atoms with E-state index in [4.69, 9.17) is 4.74 Å². The number of carboxylic acids is 1. The Hall–Kier alpha value is -3.40. The van der Waals surface area contributed by atoms with E-state index in [9.17, 15) is 27.9 Å². The van der Waals surface area contributed by atoms with Gasteiger partial charge >= 0.3 is 12.1 Å². The molecule has 0 aliphatic heterocycles. The summed E-state index contributed by atoms with van der Waals surface area (Å²) in [7, 11) is -3.42. The topological polar surface area (TPSA) is 139 Å². The summed E-state index contributed by atoms with van der Waals surface area (Å²) >= 11 is 0. The first-order valence-electron chi connectivity index (χ1n) is 11.4. The van der Waals surface area contributed by atoms with E-state index in [2.05, 4.69) is 10.6 Å². The maximum absolute atomic E-state index is 12.7. The molecular weight excluding hydrogens is 472 g/mol. The molecule has 0 bridgehead atoms. The van der Waals surface area contributed by atoms with Crippen molar-refractivity contribution in [2.75, 3.05) is 18.6 Å². The highest BCUT2D eigenvalue weighted by atomic mass is 32.2. The number of carboxylic acid groups (broad SMARTS) is 1. The van der Waals surface area contributed by atoms with Crippen LogP contribution in [0.25, 0.3) is 11.1 Å². The van der Waals surface area contributed by atoms with Crippen LogP contribution in [0.4, 0.5) is 4.79 Å². The molecule has 35 heavy (non-hydrogen) atoms. The minimum atomic E-state index is -3.42. The fourth-order valence-corrected chi connectivity index (χ4v) is 4.87. The normalized spacial score (nSPS) is 14.3. The Morgan fingerprint density at radius 3 is 2.03 bits per heavy atom. The Labute approximate surface area is 204 Å². The highest BCUT2D eigenvalue weighted by Gasteiger charge is 2.31. The van der Waals surface area contributed by atoms with Crippen LogP contribution in [-0.4, -0.2) is 62.2 Å². The smallest absolute Gasteiger partial charge is 0.407 e. The third-order valence-electron chi connectivity index (χ3n) is 5.92. The van der Waals surface area contributed by atoms with Crippen LogP contribution in [0.2, 0.25) is 0 Å². The molecular formula is C25H30N2O7S. The molecule has 0 spiro atoms. The molecule has 0 fully saturated rings. The number of sulfone groups is 1. The number of hydrogen-bond acceptors (Lipinski definition) is 6. The quantitative estimate of drug-likeness (QED) is 0.429. The monoisotopic (exact) mass is 502 g/mol. The molecule has 0 radical (unpaired) electrons. The van der Waals surface area contributed by atoms with Gasteiger partial charge in [0.05, 0.1) is 5.75 Å². The summed E-state index contributed by atoms with van der Waals surface area (Å²) in [5.41, 5.74) is 4.18. The zero-order valence-electron chi connectivity index (χ0n) is 19.7. The Balaban J connectivity index is 1.69. The zero-order chi connectivity index (χ0) is 25.6. The highest BCUT2D eigenvalue weighted by molar-refractivity contribution is 7.90. The number of aliphatic carboxylic acids is 1. The van der Waals surface area contributed by atoms with E-state index in [0.717, 1.165) is 28.5 Å². The van der Waals surface area contributed by atoms with E-state index in [-0.39, 0.29) is 31.1 Å². The molecule has 10 heteroatoms. The van der Waals surface area contributed by atoms with E-state index >= 15 is 0 Å². The van der Waals surface area contributed by atoms with E-state index in [1.807, 2.05) is 48.5 Å². The van der Waals surface area contributed by atoms with Gasteiger partial charge in [-0.2, -0.15) is 0 Å². The summed E-state index contributed by atoms with van der Waals surface area (Å²) in [5, 5.41) is 14.1. The molecule has 0 aromatic heterocycles. The molecule has 2 aromatic rings. The van der Waals surface area contributed by atoms with Crippen molar-refractivity contribution in [2.24, 2.45) is 0 Å². The number of hydrogen-bond donors (Lipinski definition) is 3. The predicted octanol–water partition coefficient (Wildman–Crippen LogP) is 2.70. The molecule has 188 valence electrons. The van der Waals surface area contributed by atoms with Gasteiger partial charge in [0.2, 0.25) is 5.91 Å².